The van der Waals surface area contributed by atoms with Crippen molar-refractivity contribution < 1.29 is 13.9 Å². The van der Waals surface area contributed by atoms with E-state index < -0.39 is 12.2 Å². The Balaban J connectivity index is 1.28. The van der Waals surface area contributed by atoms with Gasteiger partial charge in [0.15, 0.2) is 11.2 Å². The van der Waals surface area contributed by atoms with Gasteiger partial charge in [0.1, 0.15) is 12.0 Å². The van der Waals surface area contributed by atoms with Crippen LogP contribution in [0.15, 0.2) is 48.5 Å². The second kappa shape index (κ2) is 10.3. The predicted molar refractivity (Wildman–Crippen MR) is 155 cm³/mol. The van der Waals surface area contributed by atoms with Crippen LogP contribution in [-0.4, -0.2) is 67.7 Å². The average molecular weight is 573 g/mol. The van der Waals surface area contributed by atoms with Crippen molar-refractivity contribution in [3.63, 3.8) is 0 Å². The second-order valence-corrected chi connectivity index (χ2v) is 11.4. The summed E-state index contributed by atoms with van der Waals surface area (Å²) in [5.74, 6) is 0.615. The first kappa shape index (κ1) is 25.8. The number of imidazole rings is 1. The normalized spacial score (nSPS) is 17.6. The number of aryl methyl sites for hydroxylation is 2. The summed E-state index contributed by atoms with van der Waals surface area (Å²) in [4.78, 5) is 29.5. The molecule has 1 saturated heterocycles. The van der Waals surface area contributed by atoms with Crippen molar-refractivity contribution in [1.29, 1.82) is 0 Å². The zero-order chi connectivity index (χ0) is 28.1. The second-order valence-electron chi connectivity index (χ2n) is 10.5. The number of hydrogen-bond donors (Lipinski definition) is 1. The number of nitrogens with one attached hydrogen (secondary N) is 1. The molecule has 0 aliphatic carbocycles. The molecule has 1 fully saturated rings. The smallest absolute Gasteiger partial charge is 0.257 e. The van der Waals surface area contributed by atoms with Gasteiger partial charge in [-0.05, 0) is 42.7 Å². The van der Waals surface area contributed by atoms with E-state index in [0.29, 0.717) is 24.0 Å². The Labute approximate surface area is 239 Å². The minimum Gasteiger partial charge on any atom is -0.378 e. The quantitative estimate of drug-likeness (QED) is 0.323. The number of nitrogens with zero attached hydrogens (tertiary/aromatic N) is 7. The van der Waals surface area contributed by atoms with Crippen molar-refractivity contribution in [2.45, 2.75) is 39.0 Å². The topological polar surface area (TPSA) is 103 Å². The molecule has 2 atom stereocenters. The lowest BCUT2D eigenvalue weighted by atomic mass is 9.96. The number of benzene rings is 1. The Morgan fingerprint density at radius 1 is 1.20 bits per heavy atom. The summed E-state index contributed by atoms with van der Waals surface area (Å²) in [5, 5.41) is 11.1. The maximum Gasteiger partial charge on any atom is 0.257 e. The van der Waals surface area contributed by atoms with Crippen LogP contribution in [0.25, 0.3) is 22.0 Å². The van der Waals surface area contributed by atoms with Gasteiger partial charge in [0, 0.05) is 60.1 Å². The number of carbonyl (C=O) groups is 1. The largest absolute Gasteiger partial charge is 0.378 e. The summed E-state index contributed by atoms with van der Waals surface area (Å²) >= 11 is 1.33. The fraction of sp³-hybridized carbons (Fsp3) is 0.345. The number of anilines is 2. The highest BCUT2D eigenvalue weighted by molar-refractivity contribution is 7.13. The van der Waals surface area contributed by atoms with Crippen LogP contribution in [0.1, 0.15) is 28.6 Å². The zero-order valence-electron chi connectivity index (χ0n) is 22.7. The standard InChI is InChI=1S/C29H29FN8O2S/c1-17-11-21(19-3-4-24(32-13-19)36-6-8-40-9-7-36)18(2)25-22(17)15-38(35-25)27(28(39)34-29-31-5-10-41-29)26-23-12-20(30)14-37(23)16-33-26/h3-5,10-11,13,15-16,20,27H,6-9,12,14H2,1-2H3,(H,31,34,39)/t20-,27?/m1/s1. The highest BCUT2D eigenvalue weighted by Crippen LogP contribution is 2.35. The molecular weight excluding hydrogens is 543 g/mol. The van der Waals surface area contributed by atoms with Gasteiger partial charge >= 0.3 is 0 Å². The minimum atomic E-state index is -0.999. The van der Waals surface area contributed by atoms with Crippen LogP contribution in [0, 0.1) is 13.8 Å². The molecule has 5 aromatic rings. The fourth-order valence-corrected chi connectivity index (χ4v) is 6.32. The third-order valence-corrected chi connectivity index (χ3v) is 8.58. The third-order valence-electron chi connectivity index (χ3n) is 7.89. The Hall–Kier alpha value is -4.16. The van der Waals surface area contributed by atoms with E-state index in [4.69, 9.17) is 14.8 Å². The van der Waals surface area contributed by atoms with Crippen LogP contribution in [0.5, 0.6) is 0 Å². The highest BCUT2D eigenvalue weighted by Gasteiger charge is 2.34. The van der Waals surface area contributed by atoms with Crippen LogP contribution in [0.4, 0.5) is 15.3 Å². The van der Waals surface area contributed by atoms with E-state index in [1.807, 2.05) is 26.2 Å². The number of fused-ring (bicyclic) bond motifs is 2. The molecule has 2 aliphatic heterocycles. The summed E-state index contributed by atoms with van der Waals surface area (Å²) in [7, 11) is 0. The first-order valence-corrected chi connectivity index (χ1v) is 14.5. The lowest BCUT2D eigenvalue weighted by Gasteiger charge is -2.27. The molecule has 1 aromatic carbocycles. The molecule has 12 heteroatoms. The van der Waals surface area contributed by atoms with Crippen LogP contribution in [-0.2, 0) is 22.5 Å². The van der Waals surface area contributed by atoms with Crippen molar-refractivity contribution in [2.24, 2.45) is 0 Å². The Morgan fingerprint density at radius 2 is 2.05 bits per heavy atom. The molecule has 6 heterocycles. The van der Waals surface area contributed by atoms with E-state index in [2.05, 4.69) is 38.4 Å². The number of amides is 1. The van der Waals surface area contributed by atoms with Gasteiger partial charge in [-0.25, -0.2) is 19.3 Å². The molecule has 2 aliphatic rings. The summed E-state index contributed by atoms with van der Waals surface area (Å²) in [6, 6.07) is 5.40. The van der Waals surface area contributed by atoms with E-state index in [0.717, 1.165) is 57.8 Å². The molecule has 0 radical (unpaired) electrons. The third kappa shape index (κ3) is 4.66. The van der Waals surface area contributed by atoms with Gasteiger partial charge in [0.05, 0.1) is 37.3 Å². The molecule has 10 nitrogen and oxygen atoms in total. The van der Waals surface area contributed by atoms with E-state index in [-0.39, 0.29) is 18.9 Å². The maximum atomic E-state index is 14.3. The molecule has 210 valence electrons. The van der Waals surface area contributed by atoms with Crippen molar-refractivity contribution >= 4 is 39.1 Å². The summed E-state index contributed by atoms with van der Waals surface area (Å²) in [6.07, 6.45) is 6.26. The number of rotatable bonds is 6. The van der Waals surface area contributed by atoms with Gasteiger partial charge in [-0.3, -0.25) is 14.8 Å². The van der Waals surface area contributed by atoms with Gasteiger partial charge in [0.2, 0.25) is 0 Å². The first-order chi connectivity index (χ1) is 20.0. The predicted octanol–water partition coefficient (Wildman–Crippen LogP) is 4.33. The monoisotopic (exact) mass is 572 g/mol. The SMILES string of the molecule is Cc1cc(-c2ccc(N3CCOCC3)nc2)c(C)c2nn(C(C(=O)Nc3nccs3)c3ncn4c3C[C@@H](F)C4)cc12. The van der Waals surface area contributed by atoms with E-state index in [1.165, 1.54) is 11.3 Å². The van der Waals surface area contributed by atoms with Crippen molar-refractivity contribution in [2.75, 3.05) is 36.5 Å². The summed E-state index contributed by atoms with van der Waals surface area (Å²) < 4.78 is 23.2. The van der Waals surface area contributed by atoms with Gasteiger partial charge in [-0.15, -0.1) is 11.3 Å². The molecule has 4 aromatic heterocycles. The number of morpholine rings is 1. The van der Waals surface area contributed by atoms with Crippen LogP contribution in [0.2, 0.25) is 0 Å². The Morgan fingerprint density at radius 3 is 2.80 bits per heavy atom. The van der Waals surface area contributed by atoms with Crippen LogP contribution in [0.3, 0.4) is 0 Å². The van der Waals surface area contributed by atoms with Crippen molar-refractivity contribution in [3.05, 3.63) is 71.0 Å². The molecular formula is C29H29FN8O2S. The van der Waals surface area contributed by atoms with E-state index in [1.54, 1.807) is 27.2 Å². The van der Waals surface area contributed by atoms with E-state index >= 15 is 0 Å². The molecule has 7 rings (SSSR count). The van der Waals surface area contributed by atoms with Gasteiger partial charge in [-0.2, -0.15) is 5.10 Å². The summed E-state index contributed by atoms with van der Waals surface area (Å²) in [6.45, 7) is 7.40. The Kier molecular flexibility index (Phi) is 6.51. The van der Waals surface area contributed by atoms with Gasteiger partial charge in [0.25, 0.3) is 5.91 Å². The number of thiazole rings is 1. The number of pyridine rings is 1. The lowest BCUT2D eigenvalue weighted by molar-refractivity contribution is -0.118. The Bertz CT molecular complexity index is 1720. The number of carbonyl (C=O) groups excluding carboxylic acids is 1. The van der Waals surface area contributed by atoms with Gasteiger partial charge in [-0.1, -0.05) is 6.07 Å². The molecule has 1 amide bonds. The first-order valence-electron chi connectivity index (χ1n) is 13.6. The summed E-state index contributed by atoms with van der Waals surface area (Å²) in [5.41, 5.74) is 6.07. The minimum absolute atomic E-state index is 0.215. The highest BCUT2D eigenvalue weighted by atomic mass is 32.1. The molecule has 1 unspecified atom stereocenters. The zero-order valence-corrected chi connectivity index (χ0v) is 23.6. The molecule has 41 heavy (non-hydrogen) atoms. The van der Waals surface area contributed by atoms with Crippen molar-refractivity contribution in [1.82, 2.24) is 29.3 Å². The van der Waals surface area contributed by atoms with Crippen LogP contribution < -0.4 is 10.2 Å². The molecule has 0 spiro atoms. The lowest BCUT2D eigenvalue weighted by Crippen LogP contribution is -2.36. The van der Waals surface area contributed by atoms with Crippen molar-refractivity contribution in [3.8, 4) is 11.1 Å². The van der Waals surface area contributed by atoms with Crippen LogP contribution >= 0.6 is 11.3 Å². The number of halogens is 1. The molecule has 1 N–H and O–H groups in total. The fourth-order valence-electron chi connectivity index (χ4n) is 5.79. The number of ether oxygens (including phenoxy) is 1. The number of hydrogen-bond acceptors (Lipinski definition) is 8. The molecule has 0 bridgehead atoms. The van der Waals surface area contributed by atoms with E-state index in [9.17, 15) is 9.18 Å². The average Bonchev–Trinajstić information content (AvgIpc) is 3.78. The number of alkyl halides is 1. The van der Waals surface area contributed by atoms with Gasteiger partial charge < -0.3 is 14.2 Å². The molecule has 0 saturated carbocycles. The maximum absolute atomic E-state index is 14.3. The number of aromatic nitrogens is 6.